The van der Waals surface area contributed by atoms with Crippen molar-refractivity contribution in [1.82, 2.24) is 20.5 Å². The van der Waals surface area contributed by atoms with Crippen molar-refractivity contribution >= 4 is 41.3 Å². The van der Waals surface area contributed by atoms with Crippen LogP contribution in [0.3, 0.4) is 0 Å². The molecule has 0 spiro atoms. The summed E-state index contributed by atoms with van der Waals surface area (Å²) in [5.74, 6) is 0.815. The summed E-state index contributed by atoms with van der Waals surface area (Å²) in [7, 11) is 1.81. The molecule has 0 unspecified atom stereocenters. The smallest absolute Gasteiger partial charge is 0.191 e. The summed E-state index contributed by atoms with van der Waals surface area (Å²) in [4.78, 5) is 12.8. The first-order chi connectivity index (χ1) is 13.5. The molecule has 1 saturated heterocycles. The van der Waals surface area contributed by atoms with Gasteiger partial charge in [-0.25, -0.2) is 4.98 Å². The van der Waals surface area contributed by atoms with Crippen molar-refractivity contribution in [2.45, 2.75) is 32.9 Å². The number of hydrogen-bond donors (Lipinski definition) is 2. The summed E-state index contributed by atoms with van der Waals surface area (Å²) in [6.45, 7) is 11.7. The summed E-state index contributed by atoms with van der Waals surface area (Å²) in [5.41, 5.74) is 2.28. The molecule has 1 aromatic heterocycles. The van der Waals surface area contributed by atoms with Gasteiger partial charge in [0.15, 0.2) is 5.96 Å². The average Bonchev–Trinajstić information content (AvgIpc) is 3.10. The van der Waals surface area contributed by atoms with E-state index < -0.39 is 0 Å². The van der Waals surface area contributed by atoms with Crippen LogP contribution in [0.2, 0.25) is 0 Å². The fourth-order valence-corrected chi connectivity index (χ4v) is 4.27. The van der Waals surface area contributed by atoms with Crippen LogP contribution >= 0.6 is 35.3 Å². The van der Waals surface area contributed by atoms with Gasteiger partial charge in [0.1, 0.15) is 5.01 Å². The van der Waals surface area contributed by atoms with E-state index in [0.29, 0.717) is 6.54 Å². The van der Waals surface area contributed by atoms with Crippen LogP contribution in [0, 0.1) is 6.92 Å². The highest BCUT2D eigenvalue weighted by atomic mass is 127. The Hall–Kier alpha value is -1.23. The number of morpholine rings is 1. The maximum atomic E-state index is 5.47. The number of thiazole rings is 1. The van der Waals surface area contributed by atoms with Gasteiger partial charge in [-0.3, -0.25) is 9.89 Å². The first kappa shape index (κ1) is 24.0. The van der Waals surface area contributed by atoms with Crippen LogP contribution in [0.15, 0.2) is 35.3 Å². The molecule has 29 heavy (non-hydrogen) atoms. The minimum Gasteiger partial charge on any atom is -0.379 e. The zero-order valence-electron chi connectivity index (χ0n) is 17.7. The maximum Gasteiger partial charge on any atom is 0.191 e. The molecule has 0 aliphatic carbocycles. The Kier molecular flexibility index (Phi) is 9.32. The molecule has 2 N–H and O–H groups in total. The highest BCUT2D eigenvalue weighted by molar-refractivity contribution is 14.0. The molecule has 1 aliphatic heterocycles. The second kappa shape index (κ2) is 11.2. The SMILES string of the molecule is CN=C(NCc1sc(-c2ccccc2)nc1C)NCC(C)(C)N1CCOCC1.I. The molecule has 6 nitrogen and oxygen atoms in total. The Labute approximate surface area is 195 Å². The molecular weight excluding hydrogens is 497 g/mol. The second-order valence-corrected chi connectivity index (χ2v) is 8.67. The van der Waals surface area contributed by atoms with E-state index in [0.717, 1.165) is 55.1 Å². The predicted molar refractivity (Wildman–Crippen MR) is 132 cm³/mol. The zero-order chi connectivity index (χ0) is 20.0. The minimum absolute atomic E-state index is 0. The fraction of sp³-hybridized carbons (Fsp3) is 0.524. The standard InChI is InChI=1S/C21H31N5OS.HI/c1-16-18(28-19(25-16)17-8-6-5-7-9-17)14-23-20(22-4)24-15-21(2,3)26-10-12-27-13-11-26;/h5-9H,10-15H2,1-4H3,(H2,22,23,24);1H. The van der Waals surface area contributed by atoms with E-state index in [1.165, 1.54) is 4.88 Å². The van der Waals surface area contributed by atoms with E-state index in [1.807, 2.05) is 25.2 Å². The number of aromatic nitrogens is 1. The van der Waals surface area contributed by atoms with Gasteiger partial charge in [0.25, 0.3) is 0 Å². The van der Waals surface area contributed by atoms with Gasteiger partial charge in [-0.2, -0.15) is 0 Å². The van der Waals surface area contributed by atoms with Gasteiger partial charge < -0.3 is 15.4 Å². The molecule has 0 amide bonds. The van der Waals surface area contributed by atoms with E-state index in [-0.39, 0.29) is 29.5 Å². The van der Waals surface area contributed by atoms with E-state index in [9.17, 15) is 0 Å². The Morgan fingerprint density at radius 2 is 1.90 bits per heavy atom. The summed E-state index contributed by atoms with van der Waals surface area (Å²) in [5, 5.41) is 7.97. The molecule has 0 bridgehead atoms. The lowest BCUT2D eigenvalue weighted by molar-refractivity contribution is -0.00834. The van der Waals surface area contributed by atoms with Crippen molar-refractivity contribution in [1.29, 1.82) is 0 Å². The summed E-state index contributed by atoms with van der Waals surface area (Å²) in [6.07, 6.45) is 0. The molecule has 8 heteroatoms. The highest BCUT2D eigenvalue weighted by Gasteiger charge is 2.28. The number of nitrogens with one attached hydrogen (secondary N) is 2. The Balaban J connectivity index is 0.00000300. The first-order valence-corrected chi connectivity index (χ1v) is 10.6. The van der Waals surface area contributed by atoms with Gasteiger partial charge in [0.05, 0.1) is 25.5 Å². The van der Waals surface area contributed by atoms with Gasteiger partial charge in [-0.1, -0.05) is 30.3 Å². The van der Waals surface area contributed by atoms with Gasteiger partial charge in [-0.05, 0) is 20.8 Å². The number of halogens is 1. The number of benzene rings is 1. The predicted octanol–water partition coefficient (Wildman–Crippen LogP) is 3.51. The molecular formula is C21H32IN5OS. The molecule has 0 atom stereocenters. The highest BCUT2D eigenvalue weighted by Crippen LogP contribution is 2.27. The number of hydrogen-bond acceptors (Lipinski definition) is 5. The topological polar surface area (TPSA) is 61.8 Å². The fourth-order valence-electron chi connectivity index (χ4n) is 3.26. The molecule has 2 heterocycles. The van der Waals surface area contributed by atoms with Crippen LogP contribution < -0.4 is 10.6 Å². The van der Waals surface area contributed by atoms with Crippen molar-refractivity contribution in [3.63, 3.8) is 0 Å². The lowest BCUT2D eigenvalue weighted by Crippen LogP contribution is -2.56. The molecule has 3 rings (SSSR count). The second-order valence-electron chi connectivity index (χ2n) is 7.58. The van der Waals surface area contributed by atoms with Crippen molar-refractivity contribution in [2.75, 3.05) is 39.9 Å². The summed E-state index contributed by atoms with van der Waals surface area (Å²) in [6, 6.07) is 10.3. The third kappa shape index (κ3) is 6.63. The van der Waals surface area contributed by atoms with Gasteiger partial charge in [-0.15, -0.1) is 35.3 Å². The van der Waals surface area contributed by atoms with Crippen molar-refractivity contribution < 1.29 is 4.74 Å². The quantitative estimate of drug-likeness (QED) is 0.341. The van der Waals surface area contributed by atoms with Crippen LogP contribution in [-0.2, 0) is 11.3 Å². The molecule has 1 aliphatic rings. The summed E-state index contributed by atoms with van der Waals surface area (Å²) >= 11 is 1.73. The van der Waals surface area contributed by atoms with Gasteiger partial charge in [0.2, 0.25) is 0 Å². The zero-order valence-corrected chi connectivity index (χ0v) is 20.8. The number of rotatable bonds is 6. The average molecular weight is 529 g/mol. The van der Waals surface area contributed by atoms with Gasteiger partial charge in [0, 0.05) is 42.7 Å². The molecule has 1 aromatic carbocycles. The number of guanidine groups is 1. The lowest BCUT2D eigenvalue weighted by atomic mass is 10.0. The van der Waals surface area contributed by atoms with E-state index in [4.69, 9.17) is 9.72 Å². The Morgan fingerprint density at radius 1 is 1.21 bits per heavy atom. The van der Waals surface area contributed by atoms with Gasteiger partial charge >= 0.3 is 0 Å². The number of aliphatic imine (C=N–C) groups is 1. The molecule has 1 fully saturated rings. The van der Waals surface area contributed by atoms with Crippen molar-refractivity contribution in [3.8, 4) is 10.6 Å². The van der Waals surface area contributed by atoms with Crippen molar-refractivity contribution in [2.24, 2.45) is 4.99 Å². The Bertz CT molecular complexity index is 788. The normalized spacial score (nSPS) is 15.7. The van der Waals surface area contributed by atoms with Crippen LogP contribution in [-0.4, -0.2) is 61.3 Å². The lowest BCUT2D eigenvalue weighted by Gasteiger charge is -2.41. The summed E-state index contributed by atoms with van der Waals surface area (Å²) < 4.78 is 5.47. The van der Waals surface area contributed by atoms with Crippen LogP contribution in [0.1, 0.15) is 24.4 Å². The van der Waals surface area contributed by atoms with Crippen molar-refractivity contribution in [3.05, 3.63) is 40.9 Å². The number of aryl methyl sites for hydroxylation is 1. The molecule has 2 aromatic rings. The molecule has 0 radical (unpaired) electrons. The van der Waals surface area contributed by atoms with Crippen LogP contribution in [0.4, 0.5) is 0 Å². The Morgan fingerprint density at radius 3 is 2.55 bits per heavy atom. The number of ether oxygens (including phenoxy) is 1. The van der Waals surface area contributed by atoms with E-state index in [2.05, 4.69) is 53.4 Å². The van der Waals surface area contributed by atoms with E-state index >= 15 is 0 Å². The monoisotopic (exact) mass is 529 g/mol. The largest absolute Gasteiger partial charge is 0.379 e. The third-order valence-electron chi connectivity index (χ3n) is 5.11. The third-order valence-corrected chi connectivity index (χ3v) is 6.32. The van der Waals surface area contributed by atoms with Crippen LogP contribution in [0.5, 0.6) is 0 Å². The molecule has 160 valence electrons. The van der Waals surface area contributed by atoms with Crippen LogP contribution in [0.25, 0.3) is 10.6 Å². The first-order valence-electron chi connectivity index (χ1n) is 9.78. The molecule has 0 saturated carbocycles. The van der Waals surface area contributed by atoms with E-state index in [1.54, 1.807) is 11.3 Å². The minimum atomic E-state index is 0. The number of nitrogens with zero attached hydrogens (tertiary/aromatic N) is 3. The maximum absolute atomic E-state index is 5.47.